The van der Waals surface area contributed by atoms with Gasteiger partial charge in [-0.25, -0.2) is 0 Å². The van der Waals surface area contributed by atoms with Crippen molar-refractivity contribution in [3.05, 3.63) is 81.3 Å². The van der Waals surface area contributed by atoms with Gasteiger partial charge in [0.1, 0.15) is 0 Å². The summed E-state index contributed by atoms with van der Waals surface area (Å²) in [7, 11) is -0.389. The summed E-state index contributed by atoms with van der Waals surface area (Å²) in [4.78, 5) is 0. The third kappa shape index (κ3) is 2.46. The molecule has 0 spiro atoms. The van der Waals surface area contributed by atoms with E-state index in [0.29, 0.717) is 0 Å². The van der Waals surface area contributed by atoms with Gasteiger partial charge in [-0.1, -0.05) is 68.8 Å². The minimum Gasteiger partial charge on any atom is -0.0622 e. The molecule has 0 bridgehead atoms. The third-order valence-corrected chi connectivity index (χ3v) is 7.25. The summed E-state index contributed by atoms with van der Waals surface area (Å²) in [6, 6.07) is 19.6. The van der Waals surface area contributed by atoms with Crippen molar-refractivity contribution >= 4 is 35.8 Å². The Morgan fingerprint density at radius 2 is 1.20 bits per heavy atom. The third-order valence-electron chi connectivity index (χ3n) is 4.14. The standard InChI is InChI=1S/C18H17BrSi/c1-12-13(2)18(15-8-10-16(19)11-9-15)20-17(12)14-6-4-3-5-7-14/h3-11H,20H2,1-2H3. The maximum absolute atomic E-state index is 3.51. The number of benzene rings is 2. The van der Waals surface area contributed by atoms with E-state index >= 15 is 0 Å². The molecule has 0 nitrogen and oxygen atoms in total. The topological polar surface area (TPSA) is 0 Å². The molecule has 100 valence electrons. The van der Waals surface area contributed by atoms with Crippen LogP contribution in [0.3, 0.4) is 0 Å². The largest absolute Gasteiger partial charge is 0.0897 e. The Kier molecular flexibility index (Phi) is 3.77. The van der Waals surface area contributed by atoms with Crippen LogP contribution in [0, 0.1) is 0 Å². The fraction of sp³-hybridized carbons (Fsp3) is 0.111. The normalized spacial score (nSPS) is 16.4. The van der Waals surface area contributed by atoms with Crippen LogP contribution in [0.1, 0.15) is 25.0 Å². The summed E-state index contributed by atoms with van der Waals surface area (Å²) in [6.45, 7) is 4.55. The first kappa shape index (κ1) is 13.6. The quantitative estimate of drug-likeness (QED) is 0.689. The molecule has 0 saturated carbocycles. The highest BCUT2D eigenvalue weighted by atomic mass is 79.9. The van der Waals surface area contributed by atoms with Gasteiger partial charge in [0, 0.05) is 4.47 Å². The van der Waals surface area contributed by atoms with Crippen molar-refractivity contribution in [1.82, 2.24) is 0 Å². The van der Waals surface area contributed by atoms with E-state index in [1.165, 1.54) is 22.3 Å². The molecule has 0 amide bonds. The average molecular weight is 341 g/mol. The summed E-state index contributed by atoms with van der Waals surface area (Å²) in [5, 5.41) is 3.19. The Balaban J connectivity index is 1.97. The van der Waals surface area contributed by atoms with E-state index in [0.717, 1.165) is 4.47 Å². The van der Waals surface area contributed by atoms with E-state index in [1.807, 2.05) is 0 Å². The lowest BCUT2D eigenvalue weighted by molar-refractivity contribution is 1.38. The van der Waals surface area contributed by atoms with Gasteiger partial charge in [0.05, 0.1) is 9.52 Å². The van der Waals surface area contributed by atoms with Crippen LogP contribution >= 0.6 is 15.9 Å². The molecule has 0 radical (unpaired) electrons. The van der Waals surface area contributed by atoms with Crippen molar-refractivity contribution in [2.75, 3.05) is 0 Å². The molecule has 1 heterocycles. The molecule has 0 saturated heterocycles. The van der Waals surface area contributed by atoms with Crippen LogP contribution in [-0.2, 0) is 0 Å². The Labute approximate surface area is 131 Å². The van der Waals surface area contributed by atoms with Crippen LogP contribution in [0.4, 0.5) is 0 Å². The smallest absolute Gasteiger partial charge is 0.0622 e. The maximum Gasteiger partial charge on any atom is 0.0897 e. The van der Waals surface area contributed by atoms with Gasteiger partial charge in [0.2, 0.25) is 0 Å². The second-order valence-corrected chi connectivity index (χ2v) is 7.94. The number of hydrogen-bond acceptors (Lipinski definition) is 0. The number of hydrogen-bond donors (Lipinski definition) is 0. The molecule has 1 aliphatic heterocycles. The second-order valence-electron chi connectivity index (χ2n) is 5.26. The molecule has 3 rings (SSSR count). The van der Waals surface area contributed by atoms with Gasteiger partial charge < -0.3 is 0 Å². The highest BCUT2D eigenvalue weighted by Gasteiger charge is 2.21. The monoisotopic (exact) mass is 340 g/mol. The molecule has 1 aliphatic rings. The average Bonchev–Trinajstić information content (AvgIpc) is 2.77. The van der Waals surface area contributed by atoms with E-state index in [9.17, 15) is 0 Å². The molecular formula is C18H17BrSi. The van der Waals surface area contributed by atoms with Gasteiger partial charge in [-0.15, -0.1) is 0 Å². The fourth-order valence-corrected chi connectivity index (χ4v) is 5.38. The van der Waals surface area contributed by atoms with E-state index in [2.05, 4.69) is 84.4 Å². The summed E-state index contributed by atoms with van der Waals surface area (Å²) in [6.07, 6.45) is 0. The highest BCUT2D eigenvalue weighted by molar-refractivity contribution is 9.10. The molecule has 0 fully saturated rings. The molecule has 2 aromatic rings. The first-order valence-electron chi connectivity index (χ1n) is 6.88. The highest BCUT2D eigenvalue weighted by Crippen LogP contribution is 2.37. The van der Waals surface area contributed by atoms with Gasteiger partial charge in [0.15, 0.2) is 0 Å². The van der Waals surface area contributed by atoms with Crippen LogP contribution < -0.4 is 0 Å². The molecule has 0 N–H and O–H groups in total. The van der Waals surface area contributed by atoms with E-state index < -0.39 is 0 Å². The van der Waals surface area contributed by atoms with E-state index in [1.54, 1.807) is 10.4 Å². The minimum atomic E-state index is -0.389. The Morgan fingerprint density at radius 3 is 1.75 bits per heavy atom. The summed E-state index contributed by atoms with van der Waals surface area (Å²) in [5.41, 5.74) is 5.77. The van der Waals surface area contributed by atoms with Gasteiger partial charge in [-0.2, -0.15) is 0 Å². The molecule has 0 aliphatic carbocycles. The fourth-order valence-electron chi connectivity index (χ4n) is 2.82. The van der Waals surface area contributed by atoms with Crippen molar-refractivity contribution < 1.29 is 0 Å². The zero-order valence-corrected chi connectivity index (χ0v) is 14.8. The molecule has 0 unspecified atom stereocenters. The van der Waals surface area contributed by atoms with E-state index in [-0.39, 0.29) is 9.52 Å². The molecule has 2 aromatic carbocycles. The van der Waals surface area contributed by atoms with Crippen LogP contribution in [0.2, 0.25) is 0 Å². The van der Waals surface area contributed by atoms with Crippen molar-refractivity contribution in [3.8, 4) is 0 Å². The van der Waals surface area contributed by atoms with Crippen LogP contribution in [0.5, 0.6) is 0 Å². The summed E-state index contributed by atoms with van der Waals surface area (Å²) in [5.74, 6) is 0. The summed E-state index contributed by atoms with van der Waals surface area (Å²) < 4.78 is 1.15. The first-order chi connectivity index (χ1) is 9.66. The Morgan fingerprint density at radius 1 is 0.700 bits per heavy atom. The Hall–Kier alpha value is -1.38. The van der Waals surface area contributed by atoms with Crippen LogP contribution in [0.15, 0.2) is 70.2 Å². The number of rotatable bonds is 2. The van der Waals surface area contributed by atoms with Crippen LogP contribution in [-0.4, -0.2) is 9.52 Å². The molecule has 2 heteroatoms. The van der Waals surface area contributed by atoms with E-state index in [4.69, 9.17) is 0 Å². The molecule has 0 aromatic heterocycles. The van der Waals surface area contributed by atoms with Gasteiger partial charge in [-0.3, -0.25) is 0 Å². The molecule has 20 heavy (non-hydrogen) atoms. The lowest BCUT2D eigenvalue weighted by atomic mass is 10.0. The lowest BCUT2D eigenvalue weighted by Gasteiger charge is -2.06. The van der Waals surface area contributed by atoms with Crippen molar-refractivity contribution in [3.63, 3.8) is 0 Å². The SMILES string of the molecule is CC1=C(c2ccccc2)[SiH2]C(c2ccc(Br)cc2)=C1C. The second kappa shape index (κ2) is 5.55. The van der Waals surface area contributed by atoms with Crippen molar-refractivity contribution in [2.45, 2.75) is 13.8 Å². The van der Waals surface area contributed by atoms with Gasteiger partial charge in [-0.05, 0) is 48.3 Å². The maximum atomic E-state index is 3.51. The predicted octanol–water partition coefficient (Wildman–Crippen LogP) is 4.79. The first-order valence-corrected chi connectivity index (χ1v) is 9.09. The van der Waals surface area contributed by atoms with Crippen molar-refractivity contribution in [2.24, 2.45) is 0 Å². The summed E-state index contributed by atoms with van der Waals surface area (Å²) >= 11 is 3.51. The molecule has 0 atom stereocenters. The minimum absolute atomic E-state index is 0.389. The van der Waals surface area contributed by atoms with Crippen LogP contribution in [0.25, 0.3) is 10.4 Å². The predicted molar refractivity (Wildman–Crippen MR) is 94.3 cm³/mol. The zero-order chi connectivity index (χ0) is 14.1. The molecular weight excluding hydrogens is 324 g/mol. The Bertz CT molecular complexity index is 694. The zero-order valence-electron chi connectivity index (χ0n) is 11.8. The van der Waals surface area contributed by atoms with Gasteiger partial charge in [0.25, 0.3) is 0 Å². The van der Waals surface area contributed by atoms with Gasteiger partial charge >= 0.3 is 0 Å². The van der Waals surface area contributed by atoms with Crippen molar-refractivity contribution in [1.29, 1.82) is 0 Å². The lowest BCUT2D eigenvalue weighted by Crippen LogP contribution is -1.96. The number of halogens is 1. The number of allylic oxidation sites excluding steroid dienone is 2.